The summed E-state index contributed by atoms with van der Waals surface area (Å²) >= 11 is 6.01. The summed E-state index contributed by atoms with van der Waals surface area (Å²) in [6.45, 7) is 0. The first-order valence-electron chi connectivity index (χ1n) is 5.68. The fraction of sp³-hybridized carbons (Fsp3) is 0.0769. The Morgan fingerprint density at radius 1 is 1.35 bits per heavy atom. The standard InChI is InChI=1S/C13H10ClN3O3/c1-18-11-5-10(15)9(14)4-8(11)13-16-12(17-20-13)7-2-3-19-6-7/h2-6H,15H2,1H3. The number of rotatable bonds is 3. The van der Waals surface area contributed by atoms with Crippen LogP contribution in [0.25, 0.3) is 22.8 Å². The lowest BCUT2D eigenvalue weighted by molar-refractivity contribution is 0.405. The summed E-state index contributed by atoms with van der Waals surface area (Å²) in [5.74, 6) is 1.22. The molecule has 2 aromatic heterocycles. The zero-order valence-electron chi connectivity index (χ0n) is 10.5. The van der Waals surface area contributed by atoms with E-state index in [2.05, 4.69) is 10.1 Å². The van der Waals surface area contributed by atoms with Crippen molar-refractivity contribution in [2.24, 2.45) is 0 Å². The molecule has 3 aromatic rings. The minimum Gasteiger partial charge on any atom is -0.496 e. The minimum absolute atomic E-state index is 0.292. The van der Waals surface area contributed by atoms with Crippen molar-refractivity contribution in [2.45, 2.75) is 0 Å². The summed E-state index contributed by atoms with van der Waals surface area (Å²) in [4.78, 5) is 4.29. The van der Waals surface area contributed by atoms with E-state index in [1.165, 1.54) is 19.6 Å². The van der Waals surface area contributed by atoms with Crippen molar-refractivity contribution in [2.75, 3.05) is 12.8 Å². The molecule has 0 saturated carbocycles. The fourth-order valence-electron chi connectivity index (χ4n) is 1.75. The van der Waals surface area contributed by atoms with Crippen LogP contribution in [-0.2, 0) is 0 Å². The van der Waals surface area contributed by atoms with Crippen molar-refractivity contribution in [1.82, 2.24) is 10.1 Å². The molecule has 0 aliphatic heterocycles. The van der Waals surface area contributed by atoms with Crippen molar-refractivity contribution >= 4 is 17.3 Å². The Balaban J connectivity index is 2.07. The highest BCUT2D eigenvalue weighted by Crippen LogP contribution is 2.35. The highest BCUT2D eigenvalue weighted by Gasteiger charge is 2.17. The Hall–Kier alpha value is -2.47. The zero-order valence-corrected chi connectivity index (χ0v) is 11.2. The third kappa shape index (κ3) is 2.10. The molecule has 0 amide bonds. The Labute approximate surface area is 119 Å². The Morgan fingerprint density at radius 3 is 2.90 bits per heavy atom. The van der Waals surface area contributed by atoms with Gasteiger partial charge in [-0.05, 0) is 12.1 Å². The number of hydrogen-bond acceptors (Lipinski definition) is 6. The molecule has 0 unspecified atom stereocenters. The molecule has 2 heterocycles. The molecule has 0 bridgehead atoms. The minimum atomic E-state index is 0.292. The van der Waals surface area contributed by atoms with Gasteiger partial charge in [0.1, 0.15) is 12.0 Å². The van der Waals surface area contributed by atoms with E-state index < -0.39 is 0 Å². The third-order valence-electron chi connectivity index (χ3n) is 2.75. The van der Waals surface area contributed by atoms with Gasteiger partial charge in [0.05, 0.1) is 35.2 Å². The van der Waals surface area contributed by atoms with Crippen LogP contribution in [0.2, 0.25) is 5.02 Å². The normalized spacial score (nSPS) is 10.7. The summed E-state index contributed by atoms with van der Waals surface area (Å²) in [7, 11) is 1.53. The highest BCUT2D eigenvalue weighted by atomic mass is 35.5. The van der Waals surface area contributed by atoms with Gasteiger partial charge in [0.25, 0.3) is 5.89 Å². The van der Waals surface area contributed by atoms with Crippen molar-refractivity contribution < 1.29 is 13.7 Å². The lowest BCUT2D eigenvalue weighted by atomic mass is 10.2. The van der Waals surface area contributed by atoms with Crippen LogP contribution in [0.5, 0.6) is 5.75 Å². The number of benzene rings is 1. The zero-order chi connectivity index (χ0) is 14.1. The van der Waals surface area contributed by atoms with Crippen LogP contribution in [0, 0.1) is 0 Å². The van der Waals surface area contributed by atoms with Crippen LogP contribution in [-0.4, -0.2) is 17.3 Å². The maximum atomic E-state index is 6.01. The molecule has 0 aliphatic carbocycles. The van der Waals surface area contributed by atoms with Gasteiger partial charge in [0.2, 0.25) is 5.82 Å². The maximum Gasteiger partial charge on any atom is 0.262 e. The van der Waals surface area contributed by atoms with Gasteiger partial charge in [0.15, 0.2) is 0 Å². The van der Waals surface area contributed by atoms with E-state index in [1.807, 2.05) is 0 Å². The molecule has 102 valence electrons. The predicted molar refractivity (Wildman–Crippen MR) is 73.4 cm³/mol. The maximum absolute atomic E-state index is 6.01. The van der Waals surface area contributed by atoms with E-state index in [-0.39, 0.29) is 0 Å². The second-order valence-corrected chi connectivity index (χ2v) is 4.42. The first kappa shape index (κ1) is 12.6. The predicted octanol–water partition coefficient (Wildman–Crippen LogP) is 3.24. The Morgan fingerprint density at radius 2 is 2.20 bits per heavy atom. The molecule has 0 aliphatic rings. The second kappa shape index (κ2) is 4.90. The van der Waals surface area contributed by atoms with Gasteiger partial charge in [-0.3, -0.25) is 0 Å². The average molecular weight is 292 g/mol. The van der Waals surface area contributed by atoms with Gasteiger partial charge in [0, 0.05) is 6.07 Å². The van der Waals surface area contributed by atoms with E-state index in [0.717, 1.165) is 5.56 Å². The lowest BCUT2D eigenvalue weighted by Crippen LogP contribution is -1.93. The molecule has 3 rings (SSSR count). The number of ether oxygens (including phenoxy) is 1. The molecule has 7 heteroatoms. The SMILES string of the molecule is COc1cc(N)c(Cl)cc1-c1nc(-c2ccoc2)no1. The van der Waals surface area contributed by atoms with Gasteiger partial charge in [-0.15, -0.1) is 0 Å². The molecular weight excluding hydrogens is 282 g/mol. The number of aromatic nitrogens is 2. The van der Waals surface area contributed by atoms with Crippen molar-refractivity contribution in [3.05, 3.63) is 35.7 Å². The van der Waals surface area contributed by atoms with Crippen LogP contribution >= 0.6 is 11.6 Å². The number of nitrogens with two attached hydrogens (primary N) is 1. The highest BCUT2D eigenvalue weighted by molar-refractivity contribution is 6.33. The topological polar surface area (TPSA) is 87.3 Å². The van der Waals surface area contributed by atoms with E-state index in [4.69, 9.17) is 31.0 Å². The number of furan rings is 1. The number of anilines is 1. The number of hydrogen-bond donors (Lipinski definition) is 1. The first-order valence-corrected chi connectivity index (χ1v) is 6.06. The fourth-order valence-corrected chi connectivity index (χ4v) is 1.91. The van der Waals surface area contributed by atoms with Crippen LogP contribution < -0.4 is 10.5 Å². The lowest BCUT2D eigenvalue weighted by Gasteiger charge is -2.07. The molecule has 0 spiro atoms. The first-order chi connectivity index (χ1) is 9.69. The number of halogens is 1. The Bertz CT molecular complexity index is 737. The van der Waals surface area contributed by atoms with Gasteiger partial charge >= 0.3 is 0 Å². The van der Waals surface area contributed by atoms with Crippen molar-refractivity contribution in [3.8, 4) is 28.6 Å². The molecule has 0 fully saturated rings. The van der Waals surface area contributed by atoms with Crippen LogP contribution in [0.3, 0.4) is 0 Å². The van der Waals surface area contributed by atoms with E-state index in [9.17, 15) is 0 Å². The molecule has 2 N–H and O–H groups in total. The number of nitrogens with zero attached hydrogens (tertiary/aromatic N) is 2. The number of methoxy groups -OCH3 is 1. The molecule has 0 radical (unpaired) electrons. The largest absolute Gasteiger partial charge is 0.496 e. The molecular formula is C13H10ClN3O3. The summed E-state index contributed by atoms with van der Waals surface area (Å²) in [6.07, 6.45) is 3.06. The van der Waals surface area contributed by atoms with Gasteiger partial charge in [-0.2, -0.15) is 4.98 Å². The van der Waals surface area contributed by atoms with Crippen molar-refractivity contribution in [3.63, 3.8) is 0 Å². The second-order valence-electron chi connectivity index (χ2n) is 4.01. The molecule has 0 saturated heterocycles. The monoisotopic (exact) mass is 291 g/mol. The summed E-state index contributed by atoms with van der Waals surface area (Å²) in [6, 6.07) is 4.98. The summed E-state index contributed by atoms with van der Waals surface area (Å²) in [5, 5.41) is 4.28. The molecule has 0 atom stereocenters. The van der Waals surface area contributed by atoms with Gasteiger partial charge < -0.3 is 19.4 Å². The van der Waals surface area contributed by atoms with Crippen molar-refractivity contribution in [1.29, 1.82) is 0 Å². The third-order valence-corrected chi connectivity index (χ3v) is 3.08. The van der Waals surface area contributed by atoms with Crippen LogP contribution in [0.1, 0.15) is 0 Å². The van der Waals surface area contributed by atoms with E-state index >= 15 is 0 Å². The van der Waals surface area contributed by atoms with E-state index in [1.54, 1.807) is 18.2 Å². The van der Waals surface area contributed by atoms with E-state index in [0.29, 0.717) is 33.7 Å². The summed E-state index contributed by atoms with van der Waals surface area (Å²) < 4.78 is 15.5. The molecule has 20 heavy (non-hydrogen) atoms. The smallest absolute Gasteiger partial charge is 0.262 e. The quantitative estimate of drug-likeness (QED) is 0.745. The van der Waals surface area contributed by atoms with Gasteiger partial charge in [-0.25, -0.2) is 0 Å². The Kier molecular flexibility index (Phi) is 3.08. The van der Waals surface area contributed by atoms with Crippen LogP contribution in [0.15, 0.2) is 39.7 Å². The van der Waals surface area contributed by atoms with Crippen LogP contribution in [0.4, 0.5) is 5.69 Å². The molecule has 1 aromatic carbocycles. The summed E-state index contributed by atoms with van der Waals surface area (Å²) in [5.41, 5.74) is 7.45. The molecule has 6 nitrogen and oxygen atoms in total. The number of nitrogen functional groups attached to an aromatic ring is 1. The average Bonchev–Trinajstić information content (AvgIpc) is 3.10. The van der Waals surface area contributed by atoms with Gasteiger partial charge in [-0.1, -0.05) is 16.8 Å².